The van der Waals surface area contributed by atoms with Crippen LogP contribution in [-0.2, 0) is 0 Å². The maximum absolute atomic E-state index is 5.86. The Hall–Kier alpha value is -2.29. The van der Waals surface area contributed by atoms with Crippen LogP contribution >= 0.6 is 0 Å². The number of hydrogen-bond acceptors (Lipinski definition) is 3. The summed E-state index contributed by atoms with van der Waals surface area (Å²) in [6.45, 7) is 2.00. The Morgan fingerprint density at radius 1 is 1.06 bits per heavy atom. The summed E-state index contributed by atoms with van der Waals surface area (Å²) in [5, 5.41) is 3.23. The van der Waals surface area contributed by atoms with Gasteiger partial charge in [-0.15, -0.1) is 0 Å². The molecule has 0 radical (unpaired) electrons. The number of benzene rings is 1. The van der Waals surface area contributed by atoms with Crippen LogP contribution in [0.25, 0.3) is 32.9 Å². The molecule has 3 aromatic heterocycles. The maximum atomic E-state index is 5.86. The van der Waals surface area contributed by atoms with Crippen LogP contribution in [0.1, 0.15) is 5.56 Å². The minimum Gasteiger partial charge on any atom is -0.464 e. The molecule has 0 aliphatic carbocycles. The van der Waals surface area contributed by atoms with Gasteiger partial charge in [0.1, 0.15) is 16.7 Å². The Balaban J connectivity index is 2.30. The quantitative estimate of drug-likeness (QED) is 0.451. The molecule has 0 aliphatic heterocycles. The fourth-order valence-corrected chi connectivity index (χ4v) is 2.28. The molecule has 1 aromatic carbocycles. The first kappa shape index (κ1) is 8.82. The molecule has 0 aliphatic rings. The standard InChI is InChI=1S/C14H9NO2/c1-8-6-15-7-11-10-4-9-2-3-16-12(9)5-13(10)17-14(8)11/h2-7H,1H3. The van der Waals surface area contributed by atoms with E-state index < -0.39 is 0 Å². The molecule has 3 heterocycles. The van der Waals surface area contributed by atoms with E-state index in [0.717, 1.165) is 38.5 Å². The Morgan fingerprint density at radius 2 is 2.00 bits per heavy atom. The third kappa shape index (κ3) is 1.08. The second-order valence-electron chi connectivity index (χ2n) is 4.24. The minimum absolute atomic E-state index is 0.846. The average molecular weight is 223 g/mol. The fraction of sp³-hybridized carbons (Fsp3) is 0.0714. The second kappa shape index (κ2) is 2.88. The zero-order chi connectivity index (χ0) is 11.4. The van der Waals surface area contributed by atoms with Crippen molar-refractivity contribution in [2.45, 2.75) is 6.92 Å². The van der Waals surface area contributed by atoms with Crippen molar-refractivity contribution in [1.29, 1.82) is 0 Å². The van der Waals surface area contributed by atoms with Crippen LogP contribution in [0.3, 0.4) is 0 Å². The number of nitrogens with zero attached hydrogens (tertiary/aromatic N) is 1. The van der Waals surface area contributed by atoms with Gasteiger partial charge in [0.25, 0.3) is 0 Å². The largest absolute Gasteiger partial charge is 0.464 e. The Labute approximate surface area is 96.6 Å². The predicted molar refractivity (Wildman–Crippen MR) is 66.0 cm³/mol. The summed E-state index contributed by atoms with van der Waals surface area (Å²) in [5.41, 5.74) is 3.65. The topological polar surface area (TPSA) is 39.2 Å². The zero-order valence-corrected chi connectivity index (χ0v) is 9.23. The average Bonchev–Trinajstić information content (AvgIpc) is 2.90. The Bertz CT molecular complexity index is 854. The van der Waals surface area contributed by atoms with Gasteiger partial charge in [0.05, 0.1) is 6.26 Å². The summed E-state index contributed by atoms with van der Waals surface area (Å²) < 4.78 is 11.2. The van der Waals surface area contributed by atoms with Gasteiger partial charge in [-0.1, -0.05) is 0 Å². The van der Waals surface area contributed by atoms with Gasteiger partial charge in [0, 0.05) is 40.2 Å². The zero-order valence-electron chi connectivity index (χ0n) is 9.23. The van der Waals surface area contributed by atoms with E-state index in [1.165, 1.54) is 0 Å². The van der Waals surface area contributed by atoms with Gasteiger partial charge >= 0.3 is 0 Å². The second-order valence-corrected chi connectivity index (χ2v) is 4.24. The molecule has 0 fully saturated rings. The molecule has 0 atom stereocenters. The van der Waals surface area contributed by atoms with E-state index in [9.17, 15) is 0 Å². The maximum Gasteiger partial charge on any atom is 0.141 e. The summed E-state index contributed by atoms with van der Waals surface area (Å²) in [7, 11) is 0. The molecule has 3 heteroatoms. The Kier molecular flexibility index (Phi) is 1.50. The van der Waals surface area contributed by atoms with E-state index in [1.54, 1.807) is 6.26 Å². The van der Waals surface area contributed by atoms with Crippen molar-refractivity contribution in [3.05, 3.63) is 42.4 Å². The van der Waals surface area contributed by atoms with Crippen molar-refractivity contribution >= 4 is 32.9 Å². The van der Waals surface area contributed by atoms with Crippen molar-refractivity contribution in [1.82, 2.24) is 4.98 Å². The Morgan fingerprint density at radius 3 is 2.94 bits per heavy atom. The molecule has 17 heavy (non-hydrogen) atoms. The van der Waals surface area contributed by atoms with Gasteiger partial charge < -0.3 is 8.83 Å². The summed E-state index contributed by atoms with van der Waals surface area (Å²) in [6.07, 6.45) is 5.35. The molecular weight excluding hydrogens is 214 g/mol. The van der Waals surface area contributed by atoms with Crippen molar-refractivity contribution in [3.8, 4) is 0 Å². The smallest absolute Gasteiger partial charge is 0.141 e. The SMILES string of the molecule is Cc1cncc2c1oc1cc3occc3cc12. The number of fused-ring (bicyclic) bond motifs is 4. The first-order valence-electron chi connectivity index (χ1n) is 5.47. The van der Waals surface area contributed by atoms with E-state index in [-0.39, 0.29) is 0 Å². The lowest BCUT2D eigenvalue weighted by molar-refractivity contribution is 0.613. The normalized spacial score (nSPS) is 11.8. The number of pyridine rings is 1. The highest BCUT2D eigenvalue weighted by atomic mass is 16.3. The predicted octanol–water partition coefficient (Wildman–Crippen LogP) is 4.04. The molecule has 0 amide bonds. The van der Waals surface area contributed by atoms with Gasteiger partial charge in [0.2, 0.25) is 0 Å². The van der Waals surface area contributed by atoms with Crippen LogP contribution in [0.2, 0.25) is 0 Å². The highest BCUT2D eigenvalue weighted by Gasteiger charge is 2.11. The van der Waals surface area contributed by atoms with Crippen LogP contribution < -0.4 is 0 Å². The van der Waals surface area contributed by atoms with E-state index in [1.807, 2.05) is 31.5 Å². The number of furan rings is 2. The third-order valence-corrected chi connectivity index (χ3v) is 3.13. The van der Waals surface area contributed by atoms with Crippen LogP contribution in [0.15, 0.2) is 45.7 Å². The lowest BCUT2D eigenvalue weighted by Gasteiger charge is -1.91. The lowest BCUT2D eigenvalue weighted by atomic mass is 10.1. The molecule has 3 nitrogen and oxygen atoms in total. The summed E-state index contributed by atoms with van der Waals surface area (Å²) >= 11 is 0. The van der Waals surface area contributed by atoms with Gasteiger partial charge in [-0.05, 0) is 19.1 Å². The molecule has 4 rings (SSSR count). The molecule has 82 valence electrons. The monoisotopic (exact) mass is 223 g/mol. The van der Waals surface area contributed by atoms with Gasteiger partial charge in [-0.2, -0.15) is 0 Å². The first-order chi connectivity index (χ1) is 8.33. The molecule has 0 saturated heterocycles. The summed E-state index contributed by atoms with van der Waals surface area (Å²) in [4.78, 5) is 4.22. The number of aromatic nitrogens is 1. The number of rotatable bonds is 0. The third-order valence-electron chi connectivity index (χ3n) is 3.13. The molecule has 0 N–H and O–H groups in total. The molecule has 0 bridgehead atoms. The van der Waals surface area contributed by atoms with Gasteiger partial charge in [-0.25, -0.2) is 0 Å². The van der Waals surface area contributed by atoms with Gasteiger partial charge in [-0.3, -0.25) is 4.98 Å². The van der Waals surface area contributed by atoms with Crippen molar-refractivity contribution < 1.29 is 8.83 Å². The molecule has 0 saturated carbocycles. The molecule has 0 unspecified atom stereocenters. The number of aryl methyl sites for hydroxylation is 1. The van der Waals surface area contributed by atoms with Crippen LogP contribution in [0.5, 0.6) is 0 Å². The number of hydrogen-bond donors (Lipinski definition) is 0. The lowest BCUT2D eigenvalue weighted by Crippen LogP contribution is -1.75. The van der Waals surface area contributed by atoms with E-state index in [0.29, 0.717) is 0 Å². The van der Waals surface area contributed by atoms with Crippen molar-refractivity contribution in [2.24, 2.45) is 0 Å². The van der Waals surface area contributed by atoms with Crippen molar-refractivity contribution in [2.75, 3.05) is 0 Å². The molecule has 4 aromatic rings. The summed E-state index contributed by atoms with van der Waals surface area (Å²) in [5.74, 6) is 0. The molecular formula is C14H9NO2. The first-order valence-corrected chi connectivity index (χ1v) is 5.47. The van der Waals surface area contributed by atoms with Gasteiger partial charge in [0.15, 0.2) is 0 Å². The van der Waals surface area contributed by atoms with Crippen LogP contribution in [-0.4, -0.2) is 4.98 Å². The van der Waals surface area contributed by atoms with E-state index in [2.05, 4.69) is 11.1 Å². The van der Waals surface area contributed by atoms with Crippen molar-refractivity contribution in [3.63, 3.8) is 0 Å². The highest BCUT2D eigenvalue weighted by Crippen LogP contribution is 2.33. The highest BCUT2D eigenvalue weighted by molar-refractivity contribution is 6.09. The van der Waals surface area contributed by atoms with E-state index in [4.69, 9.17) is 8.83 Å². The minimum atomic E-state index is 0.846. The summed E-state index contributed by atoms with van der Waals surface area (Å²) in [6, 6.07) is 5.97. The van der Waals surface area contributed by atoms with E-state index >= 15 is 0 Å². The van der Waals surface area contributed by atoms with Crippen LogP contribution in [0, 0.1) is 6.92 Å². The fourth-order valence-electron chi connectivity index (χ4n) is 2.28. The van der Waals surface area contributed by atoms with Crippen LogP contribution in [0.4, 0.5) is 0 Å². The molecule has 0 spiro atoms.